The summed E-state index contributed by atoms with van der Waals surface area (Å²) >= 11 is 5.90. The third kappa shape index (κ3) is 6.35. The zero-order chi connectivity index (χ0) is 21.8. The first kappa shape index (κ1) is 22.5. The second-order valence-corrected chi connectivity index (χ2v) is 7.04. The van der Waals surface area contributed by atoms with Gasteiger partial charge in [0.15, 0.2) is 0 Å². The number of aryl methyl sites for hydroxylation is 2. The van der Waals surface area contributed by atoms with E-state index in [1.165, 1.54) is 13.1 Å². The minimum atomic E-state index is -4.51. The standard InChI is InChI=1S/C21H20ClF3N2O2/c1-13-4-5-14(2)18(10-13)26-19(28)12-27(3)20(29)9-6-15-11-16(21(23,24)25)7-8-17(15)22/h4-11H,12H2,1-3H3,(H,26,28)/b9-6+. The van der Waals surface area contributed by atoms with Crippen LogP contribution in [0.25, 0.3) is 6.08 Å². The highest BCUT2D eigenvalue weighted by atomic mass is 35.5. The van der Waals surface area contributed by atoms with Gasteiger partial charge in [-0.2, -0.15) is 13.2 Å². The van der Waals surface area contributed by atoms with E-state index >= 15 is 0 Å². The first-order valence-electron chi connectivity index (χ1n) is 8.64. The molecule has 154 valence electrons. The lowest BCUT2D eigenvalue weighted by Crippen LogP contribution is -2.34. The van der Waals surface area contributed by atoms with Gasteiger partial charge in [0, 0.05) is 23.8 Å². The Hall–Kier alpha value is -2.80. The molecule has 0 bridgehead atoms. The minimum absolute atomic E-state index is 0.0584. The van der Waals surface area contributed by atoms with Gasteiger partial charge in [-0.15, -0.1) is 0 Å². The zero-order valence-corrected chi connectivity index (χ0v) is 16.9. The second kappa shape index (κ2) is 9.13. The average molecular weight is 425 g/mol. The van der Waals surface area contributed by atoms with Crippen molar-refractivity contribution in [3.8, 4) is 0 Å². The van der Waals surface area contributed by atoms with Crippen molar-refractivity contribution in [3.63, 3.8) is 0 Å². The Balaban J connectivity index is 2.03. The topological polar surface area (TPSA) is 49.4 Å². The van der Waals surface area contributed by atoms with Crippen LogP contribution in [0.2, 0.25) is 5.02 Å². The number of carbonyl (C=O) groups is 2. The third-order valence-corrected chi connectivity index (χ3v) is 4.50. The van der Waals surface area contributed by atoms with Crippen molar-refractivity contribution in [2.24, 2.45) is 0 Å². The number of hydrogen-bond donors (Lipinski definition) is 1. The quantitative estimate of drug-likeness (QED) is 0.680. The summed E-state index contributed by atoms with van der Waals surface area (Å²) in [6, 6.07) is 8.47. The zero-order valence-electron chi connectivity index (χ0n) is 16.1. The van der Waals surface area contributed by atoms with Gasteiger partial charge in [-0.3, -0.25) is 9.59 Å². The van der Waals surface area contributed by atoms with Gasteiger partial charge >= 0.3 is 6.18 Å². The maximum atomic E-state index is 12.8. The van der Waals surface area contributed by atoms with Crippen LogP contribution in [-0.4, -0.2) is 30.3 Å². The Morgan fingerprint density at radius 3 is 2.48 bits per heavy atom. The van der Waals surface area contributed by atoms with Crippen LogP contribution in [0.1, 0.15) is 22.3 Å². The number of amides is 2. The number of anilines is 1. The monoisotopic (exact) mass is 424 g/mol. The number of carbonyl (C=O) groups excluding carboxylic acids is 2. The molecular formula is C21H20ClF3N2O2. The summed E-state index contributed by atoms with van der Waals surface area (Å²) in [5.41, 5.74) is 1.72. The predicted molar refractivity (Wildman–Crippen MR) is 108 cm³/mol. The van der Waals surface area contributed by atoms with Crippen molar-refractivity contribution in [2.45, 2.75) is 20.0 Å². The molecule has 0 saturated carbocycles. The van der Waals surface area contributed by atoms with Crippen molar-refractivity contribution in [1.82, 2.24) is 4.90 Å². The van der Waals surface area contributed by atoms with E-state index in [9.17, 15) is 22.8 Å². The minimum Gasteiger partial charge on any atom is -0.333 e. The molecule has 0 atom stereocenters. The summed E-state index contributed by atoms with van der Waals surface area (Å²) in [4.78, 5) is 25.6. The van der Waals surface area contributed by atoms with Crippen LogP contribution < -0.4 is 5.32 Å². The number of halogens is 4. The number of alkyl halides is 3. The Kier molecular flexibility index (Phi) is 7.08. The van der Waals surface area contributed by atoms with Crippen LogP contribution in [0.5, 0.6) is 0 Å². The maximum absolute atomic E-state index is 12.8. The Labute approximate surface area is 172 Å². The Morgan fingerprint density at radius 2 is 1.83 bits per heavy atom. The first-order chi connectivity index (χ1) is 13.5. The molecule has 0 aliphatic rings. The number of benzene rings is 2. The molecular weight excluding hydrogens is 405 g/mol. The molecule has 0 radical (unpaired) electrons. The molecule has 29 heavy (non-hydrogen) atoms. The van der Waals surface area contributed by atoms with E-state index in [2.05, 4.69) is 5.32 Å². The van der Waals surface area contributed by atoms with Gasteiger partial charge < -0.3 is 10.2 Å². The van der Waals surface area contributed by atoms with Crippen LogP contribution >= 0.6 is 11.6 Å². The van der Waals surface area contributed by atoms with Gasteiger partial charge in [0.05, 0.1) is 12.1 Å². The van der Waals surface area contributed by atoms with Gasteiger partial charge in [-0.1, -0.05) is 23.7 Å². The smallest absolute Gasteiger partial charge is 0.333 e. The van der Waals surface area contributed by atoms with Gasteiger partial charge in [-0.25, -0.2) is 0 Å². The molecule has 1 N–H and O–H groups in total. The molecule has 2 rings (SSSR count). The molecule has 0 aliphatic heterocycles. The van der Waals surface area contributed by atoms with Crippen LogP contribution in [-0.2, 0) is 15.8 Å². The van der Waals surface area contributed by atoms with Crippen LogP contribution in [0.3, 0.4) is 0 Å². The molecule has 2 aromatic carbocycles. The van der Waals surface area contributed by atoms with Gasteiger partial charge in [0.2, 0.25) is 11.8 Å². The summed E-state index contributed by atoms with van der Waals surface area (Å²) < 4.78 is 38.4. The lowest BCUT2D eigenvalue weighted by molar-refractivity contribution is -0.137. The summed E-state index contributed by atoms with van der Waals surface area (Å²) in [7, 11) is 1.42. The van der Waals surface area contributed by atoms with Gasteiger partial charge in [0.1, 0.15) is 0 Å². The Bertz CT molecular complexity index is 955. The van der Waals surface area contributed by atoms with Crippen LogP contribution in [0.15, 0.2) is 42.5 Å². The molecule has 0 spiro atoms. The van der Waals surface area contributed by atoms with Gasteiger partial charge in [0.25, 0.3) is 0 Å². The van der Waals surface area contributed by atoms with Crippen molar-refractivity contribution in [3.05, 3.63) is 69.8 Å². The van der Waals surface area contributed by atoms with E-state index in [0.717, 1.165) is 40.3 Å². The average Bonchev–Trinajstić information content (AvgIpc) is 2.62. The fourth-order valence-corrected chi connectivity index (χ4v) is 2.67. The van der Waals surface area contributed by atoms with Crippen LogP contribution in [0, 0.1) is 13.8 Å². The molecule has 0 aromatic heterocycles. The molecule has 8 heteroatoms. The number of rotatable bonds is 5. The third-order valence-electron chi connectivity index (χ3n) is 4.15. The summed E-state index contributed by atoms with van der Waals surface area (Å²) in [5, 5.41) is 2.82. The molecule has 2 aromatic rings. The van der Waals surface area contributed by atoms with E-state index in [1.807, 2.05) is 32.0 Å². The fourth-order valence-electron chi connectivity index (χ4n) is 2.49. The first-order valence-corrected chi connectivity index (χ1v) is 9.02. The second-order valence-electron chi connectivity index (χ2n) is 6.63. The Morgan fingerprint density at radius 1 is 1.14 bits per heavy atom. The molecule has 4 nitrogen and oxygen atoms in total. The maximum Gasteiger partial charge on any atom is 0.416 e. The predicted octanol–water partition coefficient (Wildman–Crippen LogP) is 5.09. The van der Waals surface area contributed by atoms with E-state index in [4.69, 9.17) is 11.6 Å². The van der Waals surface area contributed by atoms with Crippen molar-refractivity contribution in [1.29, 1.82) is 0 Å². The van der Waals surface area contributed by atoms with Crippen molar-refractivity contribution < 1.29 is 22.8 Å². The molecule has 0 unspecified atom stereocenters. The normalized spacial score (nSPS) is 11.6. The number of nitrogens with zero attached hydrogens (tertiary/aromatic N) is 1. The summed E-state index contributed by atoms with van der Waals surface area (Å²) in [6.45, 7) is 3.53. The highest BCUT2D eigenvalue weighted by molar-refractivity contribution is 6.32. The summed E-state index contributed by atoms with van der Waals surface area (Å²) in [5.74, 6) is -0.936. The van der Waals surface area contributed by atoms with Crippen molar-refractivity contribution in [2.75, 3.05) is 18.9 Å². The number of nitrogens with one attached hydrogen (secondary N) is 1. The molecule has 0 heterocycles. The van der Waals surface area contributed by atoms with E-state index in [-0.39, 0.29) is 23.0 Å². The van der Waals surface area contributed by atoms with Crippen LogP contribution in [0.4, 0.5) is 18.9 Å². The molecule has 0 saturated heterocycles. The summed E-state index contributed by atoms with van der Waals surface area (Å²) in [6.07, 6.45) is -2.24. The fraction of sp³-hybridized carbons (Fsp3) is 0.238. The van der Waals surface area contributed by atoms with Crippen molar-refractivity contribution >= 4 is 35.2 Å². The number of hydrogen-bond acceptors (Lipinski definition) is 2. The van der Waals surface area contributed by atoms with E-state index in [1.54, 1.807) is 0 Å². The molecule has 2 amide bonds. The lowest BCUT2D eigenvalue weighted by atomic mass is 10.1. The molecule has 0 aliphatic carbocycles. The number of likely N-dealkylation sites (N-methyl/N-ethyl adjacent to an activating group) is 1. The highest BCUT2D eigenvalue weighted by Gasteiger charge is 2.30. The lowest BCUT2D eigenvalue weighted by Gasteiger charge is -2.16. The highest BCUT2D eigenvalue weighted by Crippen LogP contribution is 2.32. The van der Waals surface area contributed by atoms with E-state index < -0.39 is 17.6 Å². The largest absolute Gasteiger partial charge is 0.416 e. The van der Waals surface area contributed by atoms with E-state index in [0.29, 0.717) is 5.69 Å². The van der Waals surface area contributed by atoms with Gasteiger partial charge in [-0.05, 0) is 60.9 Å². The molecule has 0 fully saturated rings. The SMILES string of the molecule is Cc1ccc(C)c(NC(=O)CN(C)C(=O)/C=C/c2cc(C(F)(F)F)ccc2Cl)c1.